The molecule has 2 atom stereocenters. The molecule has 3 N–H and O–H groups in total. The van der Waals surface area contributed by atoms with Crippen LogP contribution in [-0.2, 0) is 21.4 Å². The minimum Gasteiger partial charge on any atom is -0.493 e. The quantitative estimate of drug-likeness (QED) is 0.403. The molecule has 2 amide bonds. The number of rotatable bonds is 7. The fourth-order valence-corrected chi connectivity index (χ4v) is 5.31. The van der Waals surface area contributed by atoms with Crippen molar-refractivity contribution in [1.82, 2.24) is 4.98 Å². The van der Waals surface area contributed by atoms with Crippen LogP contribution in [0, 0.1) is 17.2 Å². The Bertz CT molecular complexity index is 1460. The summed E-state index contributed by atoms with van der Waals surface area (Å²) >= 11 is 1.33. The number of carboxylic acids is 1. The third-order valence-electron chi connectivity index (χ3n) is 6.72. The smallest absolute Gasteiger partial charge is 0.327 e. The third kappa shape index (κ3) is 4.94. The summed E-state index contributed by atoms with van der Waals surface area (Å²) in [4.78, 5) is 41.1. The number of anilines is 2. The number of nitriles is 1. The molecule has 3 aromatic rings. The van der Waals surface area contributed by atoms with E-state index in [0.29, 0.717) is 52.7 Å². The fourth-order valence-electron chi connectivity index (χ4n) is 4.79. The number of fused-ring (bicyclic) bond motifs is 2. The van der Waals surface area contributed by atoms with Crippen molar-refractivity contribution in [2.75, 3.05) is 17.2 Å². The first-order valence-corrected chi connectivity index (χ1v) is 12.5. The van der Waals surface area contributed by atoms with Crippen molar-refractivity contribution in [3.05, 3.63) is 82.4 Å². The van der Waals surface area contributed by atoms with Gasteiger partial charge >= 0.3 is 5.97 Å². The monoisotopic (exact) mass is 514 g/mol. The van der Waals surface area contributed by atoms with Gasteiger partial charge in [0.1, 0.15) is 5.75 Å². The molecule has 9 nitrogen and oxygen atoms in total. The lowest BCUT2D eigenvalue weighted by Crippen LogP contribution is -2.27. The zero-order valence-corrected chi connectivity index (χ0v) is 20.4. The fraction of sp³-hybridized carbons (Fsp3) is 0.222. The molecule has 1 saturated carbocycles. The van der Waals surface area contributed by atoms with Crippen LogP contribution in [0.25, 0.3) is 0 Å². The molecule has 2 aromatic carbocycles. The molecule has 1 aliphatic heterocycles. The standard InChI is InChI=1S/C27H22N4O5S/c28-15-16-4-5-17(2-1-3-23(32)33)21(12-16)30-25(35)20-14-27(20)8-10-36-22-7-6-18(13-19(22)27)24(34)31-26-29-9-11-37-26/h1,3-7,9,11-13,20H,2,8,10,14H2,(H,30,35)(H,32,33)(H,29,31,34)/t20-,27-/m0/s1. The van der Waals surface area contributed by atoms with Crippen LogP contribution in [0.2, 0.25) is 0 Å². The van der Waals surface area contributed by atoms with Crippen LogP contribution in [0.5, 0.6) is 5.75 Å². The SMILES string of the molecule is N#Cc1ccc(CC=CC(=O)O)c(NC(=O)[C@@H]2C[C@]23CCOc2ccc(C(=O)Nc4nccs4)cc23)c1. The second-order valence-electron chi connectivity index (χ2n) is 8.93. The third-order valence-corrected chi connectivity index (χ3v) is 7.41. The van der Waals surface area contributed by atoms with Gasteiger partial charge in [0.15, 0.2) is 5.13 Å². The Morgan fingerprint density at radius 1 is 1.24 bits per heavy atom. The first-order chi connectivity index (χ1) is 17.9. The molecule has 1 fully saturated rings. The number of allylic oxidation sites excluding steroid dienone is 1. The van der Waals surface area contributed by atoms with Crippen LogP contribution in [0.1, 0.15) is 39.9 Å². The van der Waals surface area contributed by atoms with Crippen molar-refractivity contribution in [2.45, 2.75) is 24.7 Å². The number of amides is 2. The Hall–Kier alpha value is -4.49. The van der Waals surface area contributed by atoms with E-state index in [0.717, 1.165) is 11.6 Å². The van der Waals surface area contributed by atoms with E-state index in [2.05, 4.69) is 21.7 Å². The minimum atomic E-state index is -1.06. The predicted octanol–water partition coefficient (Wildman–Crippen LogP) is 4.13. The number of benzene rings is 2. The lowest BCUT2D eigenvalue weighted by Gasteiger charge is -2.27. The number of thiazole rings is 1. The summed E-state index contributed by atoms with van der Waals surface area (Å²) in [7, 11) is 0. The zero-order chi connectivity index (χ0) is 26.0. The minimum absolute atomic E-state index is 0.191. The number of nitrogens with zero attached hydrogens (tertiary/aromatic N) is 2. The zero-order valence-electron chi connectivity index (χ0n) is 19.6. The predicted molar refractivity (Wildman–Crippen MR) is 137 cm³/mol. The molecule has 186 valence electrons. The van der Waals surface area contributed by atoms with Crippen LogP contribution < -0.4 is 15.4 Å². The molecular weight excluding hydrogens is 492 g/mol. The molecule has 2 aliphatic rings. The van der Waals surface area contributed by atoms with E-state index in [9.17, 15) is 19.6 Å². The number of carbonyl (C=O) groups excluding carboxylic acids is 2. The summed E-state index contributed by atoms with van der Waals surface area (Å²) in [5.41, 5.74) is 2.42. The normalized spacial score (nSPS) is 19.5. The van der Waals surface area contributed by atoms with Crippen LogP contribution in [-0.4, -0.2) is 34.5 Å². The summed E-state index contributed by atoms with van der Waals surface area (Å²) in [6.45, 7) is 0.469. The van der Waals surface area contributed by atoms with Crippen molar-refractivity contribution in [3.8, 4) is 11.8 Å². The number of carbonyl (C=O) groups is 3. The van der Waals surface area contributed by atoms with Gasteiger partial charge in [0.05, 0.1) is 18.2 Å². The Morgan fingerprint density at radius 3 is 2.86 bits per heavy atom. The molecular formula is C27H22N4O5S. The number of aromatic nitrogens is 1. The molecule has 1 spiro atoms. The van der Waals surface area contributed by atoms with Crippen molar-refractivity contribution in [2.24, 2.45) is 5.92 Å². The Morgan fingerprint density at radius 2 is 2.11 bits per heavy atom. The Labute approximate surface area is 216 Å². The van der Waals surface area contributed by atoms with E-state index in [1.807, 2.05) is 0 Å². The topological polar surface area (TPSA) is 141 Å². The number of hydrogen-bond acceptors (Lipinski definition) is 7. The summed E-state index contributed by atoms with van der Waals surface area (Å²) in [6.07, 6.45) is 5.69. The van der Waals surface area contributed by atoms with Crippen LogP contribution in [0.4, 0.5) is 10.8 Å². The van der Waals surface area contributed by atoms with Gasteiger partial charge in [-0.05, 0) is 55.2 Å². The van der Waals surface area contributed by atoms with Gasteiger partial charge in [-0.15, -0.1) is 11.3 Å². The molecule has 2 heterocycles. The largest absolute Gasteiger partial charge is 0.493 e. The van der Waals surface area contributed by atoms with Crippen molar-refractivity contribution >= 4 is 39.9 Å². The van der Waals surface area contributed by atoms with E-state index in [1.165, 1.54) is 17.4 Å². The maximum absolute atomic E-state index is 13.4. The first-order valence-electron chi connectivity index (χ1n) is 11.6. The van der Waals surface area contributed by atoms with Gasteiger partial charge < -0.3 is 15.2 Å². The molecule has 0 unspecified atom stereocenters. The molecule has 0 radical (unpaired) electrons. The molecule has 10 heteroatoms. The highest BCUT2D eigenvalue weighted by Crippen LogP contribution is 2.61. The second kappa shape index (κ2) is 9.87. The van der Waals surface area contributed by atoms with Crippen LogP contribution in [0.3, 0.4) is 0 Å². The highest BCUT2D eigenvalue weighted by Gasteiger charge is 2.61. The van der Waals surface area contributed by atoms with E-state index >= 15 is 0 Å². The Balaban J connectivity index is 1.37. The number of hydrogen-bond donors (Lipinski definition) is 3. The maximum atomic E-state index is 13.4. The van der Waals surface area contributed by atoms with Gasteiger partial charge in [-0.2, -0.15) is 5.26 Å². The van der Waals surface area contributed by atoms with E-state index < -0.39 is 11.4 Å². The summed E-state index contributed by atoms with van der Waals surface area (Å²) < 4.78 is 5.83. The molecule has 0 saturated heterocycles. The number of carboxylic acid groups (broad SMARTS) is 1. The maximum Gasteiger partial charge on any atom is 0.327 e. The lowest BCUT2D eigenvalue weighted by molar-refractivity contribution is -0.131. The second-order valence-corrected chi connectivity index (χ2v) is 9.83. The van der Waals surface area contributed by atoms with Crippen molar-refractivity contribution in [1.29, 1.82) is 5.26 Å². The Kier molecular flexibility index (Phi) is 6.46. The highest BCUT2D eigenvalue weighted by atomic mass is 32.1. The van der Waals surface area contributed by atoms with Gasteiger partial charge in [0.2, 0.25) is 5.91 Å². The summed E-state index contributed by atoms with van der Waals surface area (Å²) in [6, 6.07) is 12.3. The molecule has 1 aliphatic carbocycles. The lowest BCUT2D eigenvalue weighted by atomic mass is 9.86. The molecule has 5 rings (SSSR count). The van der Waals surface area contributed by atoms with Gasteiger partial charge in [0, 0.05) is 45.8 Å². The van der Waals surface area contributed by atoms with Gasteiger partial charge in [-0.25, -0.2) is 9.78 Å². The average molecular weight is 515 g/mol. The number of ether oxygens (including phenoxy) is 1. The summed E-state index contributed by atoms with van der Waals surface area (Å²) in [5, 5.41) is 26.2. The molecule has 1 aromatic heterocycles. The van der Waals surface area contributed by atoms with Crippen molar-refractivity contribution in [3.63, 3.8) is 0 Å². The first kappa shape index (κ1) is 24.2. The molecule has 0 bridgehead atoms. The van der Waals surface area contributed by atoms with E-state index in [4.69, 9.17) is 9.84 Å². The van der Waals surface area contributed by atoms with Gasteiger partial charge in [0.25, 0.3) is 5.91 Å². The van der Waals surface area contributed by atoms with Crippen molar-refractivity contribution < 1.29 is 24.2 Å². The number of nitrogens with one attached hydrogen (secondary N) is 2. The van der Waals surface area contributed by atoms with Gasteiger partial charge in [-0.3, -0.25) is 14.9 Å². The van der Waals surface area contributed by atoms with Gasteiger partial charge in [-0.1, -0.05) is 12.1 Å². The van der Waals surface area contributed by atoms with Crippen LogP contribution in [0.15, 0.2) is 60.1 Å². The average Bonchev–Trinajstić information content (AvgIpc) is 3.37. The highest BCUT2D eigenvalue weighted by molar-refractivity contribution is 7.13. The molecule has 37 heavy (non-hydrogen) atoms. The van der Waals surface area contributed by atoms with Crippen LogP contribution >= 0.6 is 11.3 Å². The van der Waals surface area contributed by atoms with E-state index in [1.54, 1.807) is 48.0 Å². The van der Waals surface area contributed by atoms with E-state index in [-0.39, 0.29) is 24.2 Å². The summed E-state index contributed by atoms with van der Waals surface area (Å²) in [5.74, 6) is -1.20. The number of aliphatic carboxylic acids is 1.